The average Bonchev–Trinajstić information content (AvgIpc) is 2.79. The first-order valence-electron chi connectivity index (χ1n) is 13.3. The van der Waals surface area contributed by atoms with Gasteiger partial charge in [-0.2, -0.15) is 0 Å². The fourth-order valence-electron chi connectivity index (χ4n) is 3.86. The standard InChI is InChI=1S/C19H40.C6H12.2CHNO/c1-3-5-7-9-11-13-15-17-19-18-16-14-12-10-8-6-4-2;1-2-4-6-5-3-1;2*2-1-3/h3-19H2,1-2H3;1-6H2;2*2H. The largest absolute Gasteiger partial charge is 0.231 e. The zero-order chi connectivity index (χ0) is 23.7. The third kappa shape index (κ3) is 47.8. The van der Waals surface area contributed by atoms with Crippen molar-refractivity contribution in [2.75, 3.05) is 0 Å². The molecule has 2 N–H and O–H groups in total. The Kier molecular flexibility index (Phi) is 43.5. The maximum Gasteiger partial charge on any atom is 0.231 e. The molecule has 1 aliphatic rings. The molecule has 0 spiro atoms. The summed E-state index contributed by atoms with van der Waals surface area (Å²) < 4.78 is 0. The fourth-order valence-corrected chi connectivity index (χ4v) is 3.86. The van der Waals surface area contributed by atoms with Crippen LogP contribution >= 0.6 is 0 Å². The molecule has 4 nitrogen and oxygen atoms in total. The summed E-state index contributed by atoms with van der Waals surface area (Å²) in [6.07, 6.45) is 35.4. The number of hydrogen-bond donors (Lipinski definition) is 2. The summed E-state index contributed by atoms with van der Waals surface area (Å²) in [5.41, 5.74) is 0. The van der Waals surface area contributed by atoms with E-state index in [1.165, 1.54) is 148 Å². The second-order valence-electron chi connectivity index (χ2n) is 8.63. The van der Waals surface area contributed by atoms with Crippen molar-refractivity contribution in [1.29, 1.82) is 10.8 Å². The van der Waals surface area contributed by atoms with Gasteiger partial charge in [0.2, 0.25) is 12.2 Å². The highest BCUT2D eigenvalue weighted by atomic mass is 16.1. The Morgan fingerprint density at radius 2 is 0.548 bits per heavy atom. The molecule has 0 radical (unpaired) electrons. The Bertz CT molecular complexity index is 317. The lowest BCUT2D eigenvalue weighted by Gasteiger charge is -2.05. The van der Waals surface area contributed by atoms with Crippen LogP contribution in [0, 0.1) is 10.8 Å². The summed E-state index contributed by atoms with van der Waals surface area (Å²) >= 11 is 0. The van der Waals surface area contributed by atoms with E-state index in [2.05, 4.69) is 13.8 Å². The first kappa shape index (κ1) is 34.4. The maximum atomic E-state index is 8.35. The third-order valence-corrected chi connectivity index (χ3v) is 5.71. The Labute approximate surface area is 194 Å². The molecule has 0 aromatic rings. The topological polar surface area (TPSA) is 81.8 Å². The molecule has 0 aromatic heterocycles. The molecule has 0 aromatic carbocycles. The predicted octanol–water partition coefficient (Wildman–Crippen LogP) is 9.80. The SMILES string of the molecule is C1CCCCC1.CCCCCCCCCCCCCCCCCCC.N=C=O.N=C=O. The van der Waals surface area contributed by atoms with E-state index in [1.54, 1.807) is 0 Å². The van der Waals surface area contributed by atoms with Gasteiger partial charge in [-0.05, 0) is 0 Å². The summed E-state index contributed by atoms with van der Waals surface area (Å²) in [7, 11) is 0. The van der Waals surface area contributed by atoms with Crippen molar-refractivity contribution in [3.8, 4) is 0 Å². The van der Waals surface area contributed by atoms with Crippen LogP contribution in [-0.4, -0.2) is 12.2 Å². The highest BCUT2D eigenvalue weighted by molar-refractivity contribution is 5.26. The van der Waals surface area contributed by atoms with E-state index in [9.17, 15) is 0 Å². The predicted molar refractivity (Wildman–Crippen MR) is 134 cm³/mol. The van der Waals surface area contributed by atoms with Crippen LogP contribution in [-0.2, 0) is 9.59 Å². The summed E-state index contributed by atoms with van der Waals surface area (Å²) in [6, 6.07) is 0. The lowest BCUT2D eigenvalue weighted by molar-refractivity contribution is 0.504. The van der Waals surface area contributed by atoms with Crippen LogP contribution < -0.4 is 0 Å². The van der Waals surface area contributed by atoms with Crippen LogP contribution in [0.15, 0.2) is 0 Å². The zero-order valence-electron chi connectivity index (χ0n) is 21.1. The van der Waals surface area contributed by atoms with E-state index in [0.29, 0.717) is 0 Å². The minimum absolute atomic E-state index is 0.750. The molecule has 0 atom stereocenters. The quantitative estimate of drug-likeness (QED) is 0.143. The molecule has 0 saturated heterocycles. The van der Waals surface area contributed by atoms with E-state index >= 15 is 0 Å². The van der Waals surface area contributed by atoms with Crippen LogP contribution in [0.1, 0.15) is 162 Å². The molecule has 184 valence electrons. The minimum Gasteiger partial charge on any atom is -0.222 e. The normalized spacial score (nSPS) is 11.9. The van der Waals surface area contributed by atoms with Gasteiger partial charge >= 0.3 is 0 Å². The fraction of sp³-hybridized carbons (Fsp3) is 0.926. The molecule has 0 bridgehead atoms. The molecule has 0 amide bonds. The van der Waals surface area contributed by atoms with Crippen molar-refractivity contribution in [1.82, 2.24) is 0 Å². The molecule has 1 aliphatic carbocycles. The van der Waals surface area contributed by atoms with Crippen molar-refractivity contribution in [2.24, 2.45) is 0 Å². The van der Waals surface area contributed by atoms with E-state index in [1.807, 2.05) is 0 Å². The van der Waals surface area contributed by atoms with Crippen molar-refractivity contribution in [2.45, 2.75) is 162 Å². The lowest BCUT2D eigenvalue weighted by atomic mass is 10.0. The highest BCUT2D eigenvalue weighted by Gasteiger charge is 1.95. The zero-order valence-corrected chi connectivity index (χ0v) is 21.1. The van der Waals surface area contributed by atoms with E-state index in [-0.39, 0.29) is 0 Å². The van der Waals surface area contributed by atoms with Crippen molar-refractivity contribution < 1.29 is 9.59 Å². The van der Waals surface area contributed by atoms with Crippen molar-refractivity contribution in [3.05, 3.63) is 0 Å². The Hall–Kier alpha value is -1.24. The summed E-state index contributed by atoms with van der Waals surface area (Å²) in [6.45, 7) is 4.59. The van der Waals surface area contributed by atoms with E-state index in [0.717, 1.165) is 12.2 Å². The second kappa shape index (κ2) is 39.3. The number of carbonyl (C=O) groups excluding carboxylic acids is 2. The summed E-state index contributed by atoms with van der Waals surface area (Å²) in [4.78, 5) is 16.7. The number of isocyanates is 2. The Balaban J connectivity index is -0.000000527. The van der Waals surface area contributed by atoms with Gasteiger partial charge in [-0.3, -0.25) is 0 Å². The number of rotatable bonds is 16. The number of unbranched alkanes of at least 4 members (excludes halogenated alkanes) is 16. The first-order valence-corrected chi connectivity index (χ1v) is 13.3. The molecular weight excluding hydrogens is 384 g/mol. The smallest absolute Gasteiger partial charge is 0.222 e. The monoisotopic (exact) mass is 438 g/mol. The van der Waals surface area contributed by atoms with Gasteiger partial charge in [0.05, 0.1) is 0 Å². The first-order chi connectivity index (χ1) is 15.2. The number of nitrogens with one attached hydrogen (secondary N) is 2. The van der Waals surface area contributed by atoms with Crippen molar-refractivity contribution in [3.63, 3.8) is 0 Å². The molecule has 31 heavy (non-hydrogen) atoms. The third-order valence-electron chi connectivity index (χ3n) is 5.71. The van der Waals surface area contributed by atoms with Gasteiger partial charge < -0.3 is 0 Å². The van der Waals surface area contributed by atoms with Crippen molar-refractivity contribution >= 4 is 12.2 Å². The van der Waals surface area contributed by atoms with Crippen LogP contribution in [0.5, 0.6) is 0 Å². The minimum atomic E-state index is 0.750. The summed E-state index contributed by atoms with van der Waals surface area (Å²) in [5.74, 6) is 0. The molecule has 0 heterocycles. The van der Waals surface area contributed by atoms with Gasteiger partial charge in [-0.1, -0.05) is 162 Å². The van der Waals surface area contributed by atoms with E-state index < -0.39 is 0 Å². The average molecular weight is 439 g/mol. The number of hydrogen-bond acceptors (Lipinski definition) is 4. The lowest BCUT2D eigenvalue weighted by Crippen LogP contribution is -1.85. The Morgan fingerprint density at radius 1 is 0.419 bits per heavy atom. The molecule has 1 rings (SSSR count). The molecular formula is C27H54N2O2. The maximum absolute atomic E-state index is 8.35. The van der Waals surface area contributed by atoms with E-state index in [4.69, 9.17) is 20.4 Å². The van der Waals surface area contributed by atoms with Gasteiger partial charge in [0.15, 0.2) is 0 Å². The van der Waals surface area contributed by atoms with Gasteiger partial charge in [-0.25, -0.2) is 20.4 Å². The van der Waals surface area contributed by atoms with Crippen LogP contribution in [0.2, 0.25) is 0 Å². The molecule has 1 saturated carbocycles. The van der Waals surface area contributed by atoms with Gasteiger partial charge in [0, 0.05) is 0 Å². The molecule has 4 heteroatoms. The van der Waals surface area contributed by atoms with Crippen LogP contribution in [0.4, 0.5) is 0 Å². The van der Waals surface area contributed by atoms with Crippen LogP contribution in [0.3, 0.4) is 0 Å². The highest BCUT2D eigenvalue weighted by Crippen LogP contribution is 2.15. The van der Waals surface area contributed by atoms with Gasteiger partial charge in [0.1, 0.15) is 0 Å². The van der Waals surface area contributed by atoms with Gasteiger partial charge in [-0.15, -0.1) is 0 Å². The molecule has 0 aliphatic heterocycles. The van der Waals surface area contributed by atoms with Crippen LogP contribution in [0.25, 0.3) is 0 Å². The molecule has 1 fully saturated rings. The molecule has 0 unspecified atom stereocenters. The summed E-state index contributed by atoms with van der Waals surface area (Å²) in [5, 5.41) is 10.8. The Morgan fingerprint density at radius 3 is 0.677 bits per heavy atom. The van der Waals surface area contributed by atoms with Gasteiger partial charge in [0.25, 0.3) is 0 Å². The second-order valence-corrected chi connectivity index (χ2v) is 8.63.